The van der Waals surface area contributed by atoms with Gasteiger partial charge in [0.05, 0.1) is 0 Å². The van der Waals surface area contributed by atoms with Gasteiger partial charge in [0.1, 0.15) is 5.75 Å². The maximum atomic E-state index is 11.7. The molecule has 2 rings (SSSR count). The van der Waals surface area contributed by atoms with Crippen LogP contribution in [0.25, 0.3) is 0 Å². The molecule has 0 unspecified atom stereocenters. The van der Waals surface area contributed by atoms with E-state index in [0.29, 0.717) is 6.54 Å². The Morgan fingerprint density at radius 3 is 2.64 bits per heavy atom. The largest absolute Gasteiger partial charge is 0.484 e. The van der Waals surface area contributed by atoms with Gasteiger partial charge in [0.15, 0.2) is 6.61 Å². The summed E-state index contributed by atoms with van der Waals surface area (Å²) in [6.45, 7) is 8.19. The second-order valence-corrected chi connectivity index (χ2v) is 5.40. The summed E-state index contributed by atoms with van der Waals surface area (Å²) in [5.41, 5.74) is 1.18. The van der Waals surface area contributed by atoms with Crippen molar-refractivity contribution in [2.24, 2.45) is 0 Å². The van der Waals surface area contributed by atoms with Crippen molar-refractivity contribution >= 4 is 18.3 Å². The standard InChI is InChI=1S/C16H25N3O2.ClH/c1-14-3-5-15(6-4-14)21-13-16(20)18-7-2-10-19-11-8-17-9-12-19;/h3-6,17H,2,7-13H2,1H3,(H,18,20);1H. The van der Waals surface area contributed by atoms with Crippen LogP contribution in [0.2, 0.25) is 0 Å². The first-order chi connectivity index (χ1) is 10.2. The zero-order chi connectivity index (χ0) is 14.9. The van der Waals surface area contributed by atoms with Crippen LogP contribution >= 0.6 is 12.4 Å². The number of benzene rings is 1. The van der Waals surface area contributed by atoms with Crippen LogP contribution in [0.1, 0.15) is 12.0 Å². The molecule has 2 N–H and O–H groups in total. The van der Waals surface area contributed by atoms with E-state index < -0.39 is 0 Å². The van der Waals surface area contributed by atoms with Crippen LogP contribution in [0.4, 0.5) is 0 Å². The van der Waals surface area contributed by atoms with E-state index in [2.05, 4.69) is 15.5 Å². The molecular weight excluding hydrogens is 302 g/mol. The molecule has 5 nitrogen and oxygen atoms in total. The van der Waals surface area contributed by atoms with Crippen molar-refractivity contribution < 1.29 is 9.53 Å². The van der Waals surface area contributed by atoms with Crippen molar-refractivity contribution in [3.05, 3.63) is 29.8 Å². The Kier molecular flexibility index (Phi) is 8.89. The van der Waals surface area contributed by atoms with E-state index in [1.54, 1.807) is 0 Å². The van der Waals surface area contributed by atoms with E-state index in [1.807, 2.05) is 31.2 Å². The van der Waals surface area contributed by atoms with Gasteiger partial charge in [-0.3, -0.25) is 4.79 Å². The lowest BCUT2D eigenvalue weighted by atomic mass is 10.2. The number of hydrogen-bond donors (Lipinski definition) is 2. The molecule has 124 valence electrons. The molecule has 1 aromatic carbocycles. The number of nitrogens with zero attached hydrogens (tertiary/aromatic N) is 1. The Balaban J connectivity index is 0.00000242. The summed E-state index contributed by atoms with van der Waals surface area (Å²) in [5.74, 6) is 0.674. The summed E-state index contributed by atoms with van der Waals surface area (Å²) in [5, 5.41) is 6.23. The van der Waals surface area contributed by atoms with Gasteiger partial charge >= 0.3 is 0 Å². The zero-order valence-electron chi connectivity index (χ0n) is 13.1. The van der Waals surface area contributed by atoms with Crippen molar-refractivity contribution in [1.82, 2.24) is 15.5 Å². The Hall–Kier alpha value is -1.30. The lowest BCUT2D eigenvalue weighted by molar-refractivity contribution is -0.123. The third kappa shape index (κ3) is 7.11. The van der Waals surface area contributed by atoms with Gasteiger partial charge in [-0.05, 0) is 32.0 Å². The van der Waals surface area contributed by atoms with Crippen LogP contribution in [0.3, 0.4) is 0 Å². The summed E-state index contributed by atoms with van der Waals surface area (Å²) in [6, 6.07) is 7.71. The maximum Gasteiger partial charge on any atom is 0.257 e. The summed E-state index contributed by atoms with van der Waals surface area (Å²) < 4.78 is 5.44. The molecular formula is C16H26ClN3O2. The molecule has 0 spiro atoms. The predicted octanol–water partition coefficient (Wildman–Crippen LogP) is 1.21. The molecule has 0 bridgehead atoms. The number of halogens is 1. The highest BCUT2D eigenvalue weighted by Gasteiger charge is 2.08. The first-order valence-electron chi connectivity index (χ1n) is 7.63. The fourth-order valence-corrected chi connectivity index (χ4v) is 2.30. The van der Waals surface area contributed by atoms with Crippen LogP contribution in [0, 0.1) is 6.92 Å². The van der Waals surface area contributed by atoms with Crippen LogP contribution < -0.4 is 15.4 Å². The van der Waals surface area contributed by atoms with Gasteiger partial charge < -0.3 is 20.3 Å². The molecule has 0 saturated carbocycles. The first-order valence-corrected chi connectivity index (χ1v) is 7.63. The molecule has 0 atom stereocenters. The van der Waals surface area contributed by atoms with E-state index in [9.17, 15) is 4.79 Å². The van der Waals surface area contributed by atoms with E-state index >= 15 is 0 Å². The van der Waals surface area contributed by atoms with Crippen molar-refractivity contribution in [2.45, 2.75) is 13.3 Å². The SMILES string of the molecule is Cc1ccc(OCC(=O)NCCCN2CCNCC2)cc1.Cl. The molecule has 0 aromatic heterocycles. The normalized spacial score (nSPS) is 15.0. The monoisotopic (exact) mass is 327 g/mol. The molecule has 1 aliphatic heterocycles. The fourth-order valence-electron chi connectivity index (χ4n) is 2.30. The van der Waals surface area contributed by atoms with Crippen LogP contribution in [-0.4, -0.2) is 56.7 Å². The van der Waals surface area contributed by atoms with Crippen molar-refractivity contribution in [3.63, 3.8) is 0 Å². The van der Waals surface area contributed by atoms with E-state index in [1.165, 1.54) is 5.56 Å². The van der Waals surface area contributed by atoms with Crippen molar-refractivity contribution in [1.29, 1.82) is 0 Å². The average molecular weight is 328 g/mol. The maximum absolute atomic E-state index is 11.7. The van der Waals surface area contributed by atoms with Gasteiger partial charge in [-0.15, -0.1) is 12.4 Å². The summed E-state index contributed by atoms with van der Waals surface area (Å²) in [6.07, 6.45) is 0.982. The number of carbonyl (C=O) groups is 1. The summed E-state index contributed by atoms with van der Waals surface area (Å²) in [4.78, 5) is 14.1. The highest BCUT2D eigenvalue weighted by Crippen LogP contribution is 2.10. The van der Waals surface area contributed by atoms with Crippen LogP contribution in [0.5, 0.6) is 5.75 Å². The number of rotatable bonds is 7. The van der Waals surface area contributed by atoms with Gasteiger partial charge in [-0.1, -0.05) is 17.7 Å². The number of aryl methyl sites for hydroxylation is 1. The lowest BCUT2D eigenvalue weighted by Crippen LogP contribution is -2.44. The molecule has 1 fully saturated rings. The Morgan fingerprint density at radius 2 is 1.95 bits per heavy atom. The molecule has 1 amide bonds. The fraction of sp³-hybridized carbons (Fsp3) is 0.562. The lowest BCUT2D eigenvalue weighted by Gasteiger charge is -2.27. The van der Waals surface area contributed by atoms with Gasteiger partial charge in [-0.25, -0.2) is 0 Å². The number of hydrogen-bond acceptors (Lipinski definition) is 4. The number of amides is 1. The number of ether oxygens (including phenoxy) is 1. The molecule has 0 aliphatic carbocycles. The topological polar surface area (TPSA) is 53.6 Å². The first kappa shape index (κ1) is 18.7. The molecule has 22 heavy (non-hydrogen) atoms. The van der Waals surface area contributed by atoms with E-state index in [-0.39, 0.29) is 24.9 Å². The average Bonchev–Trinajstić information content (AvgIpc) is 2.52. The Labute approximate surface area is 138 Å². The molecule has 1 saturated heterocycles. The van der Waals surface area contributed by atoms with E-state index in [0.717, 1.165) is 44.9 Å². The van der Waals surface area contributed by atoms with E-state index in [4.69, 9.17) is 4.74 Å². The van der Waals surface area contributed by atoms with Gasteiger partial charge in [0.25, 0.3) is 5.91 Å². The van der Waals surface area contributed by atoms with Crippen molar-refractivity contribution in [3.8, 4) is 5.75 Å². The number of nitrogens with one attached hydrogen (secondary N) is 2. The van der Waals surface area contributed by atoms with Crippen LogP contribution in [-0.2, 0) is 4.79 Å². The molecule has 6 heteroatoms. The molecule has 1 heterocycles. The highest BCUT2D eigenvalue weighted by molar-refractivity contribution is 5.85. The molecule has 1 aliphatic rings. The number of carbonyl (C=O) groups excluding carboxylic acids is 1. The molecule has 1 aromatic rings. The summed E-state index contributed by atoms with van der Waals surface area (Å²) in [7, 11) is 0. The Morgan fingerprint density at radius 1 is 1.27 bits per heavy atom. The Bertz CT molecular complexity index is 434. The smallest absolute Gasteiger partial charge is 0.257 e. The minimum atomic E-state index is -0.0594. The third-order valence-electron chi connectivity index (χ3n) is 3.57. The van der Waals surface area contributed by atoms with Crippen molar-refractivity contribution in [2.75, 3.05) is 45.9 Å². The highest BCUT2D eigenvalue weighted by atomic mass is 35.5. The quantitative estimate of drug-likeness (QED) is 0.739. The zero-order valence-corrected chi connectivity index (χ0v) is 14.0. The minimum absolute atomic E-state index is 0. The van der Waals surface area contributed by atoms with Gasteiger partial charge in [0.2, 0.25) is 0 Å². The number of piperazine rings is 1. The second-order valence-electron chi connectivity index (χ2n) is 5.40. The van der Waals surface area contributed by atoms with Gasteiger partial charge in [0, 0.05) is 32.7 Å². The third-order valence-corrected chi connectivity index (χ3v) is 3.57. The van der Waals surface area contributed by atoms with Crippen LogP contribution in [0.15, 0.2) is 24.3 Å². The van der Waals surface area contributed by atoms with Gasteiger partial charge in [-0.2, -0.15) is 0 Å². The molecule has 0 radical (unpaired) electrons. The summed E-state index contributed by atoms with van der Waals surface area (Å²) >= 11 is 0. The minimum Gasteiger partial charge on any atom is -0.484 e. The predicted molar refractivity (Wildman–Crippen MR) is 90.9 cm³/mol. The second kappa shape index (κ2) is 10.4.